The summed E-state index contributed by atoms with van der Waals surface area (Å²) in [5, 5.41) is 22.1. The monoisotopic (exact) mass is 363 g/mol. The number of hydrogen-bond acceptors (Lipinski definition) is 4. The number of carbonyl (C=O) groups excluding carboxylic acids is 1. The molecule has 0 fully saturated rings. The number of nitrogens with one attached hydrogen (secondary N) is 3. The van der Waals surface area contributed by atoms with Gasteiger partial charge in [0.25, 0.3) is 0 Å². The van der Waals surface area contributed by atoms with Gasteiger partial charge in [0.05, 0.1) is 10.9 Å². The number of guanidine groups is 1. The SMILES string of the molecule is CC(C)(C)CC(=O)NC(=NC(C)(C)C)Nc1n[nH]c2c(O)ccc(F)c12. The summed E-state index contributed by atoms with van der Waals surface area (Å²) in [5.74, 6) is -0.579. The molecule has 2 rings (SSSR count). The van der Waals surface area contributed by atoms with Gasteiger partial charge in [0.1, 0.15) is 17.1 Å². The van der Waals surface area contributed by atoms with Crippen LogP contribution in [0.25, 0.3) is 10.9 Å². The van der Waals surface area contributed by atoms with Crippen molar-refractivity contribution in [1.82, 2.24) is 15.5 Å². The molecule has 1 aromatic heterocycles. The average molecular weight is 363 g/mol. The molecule has 0 aliphatic carbocycles. The third-order valence-corrected chi connectivity index (χ3v) is 3.28. The summed E-state index contributed by atoms with van der Waals surface area (Å²) in [4.78, 5) is 16.7. The maximum Gasteiger partial charge on any atom is 0.227 e. The van der Waals surface area contributed by atoms with Crippen LogP contribution in [0.5, 0.6) is 5.75 Å². The van der Waals surface area contributed by atoms with E-state index < -0.39 is 11.4 Å². The fraction of sp³-hybridized carbons (Fsp3) is 0.500. The number of phenolic OH excluding ortho intramolecular Hbond substituents is 1. The fourth-order valence-electron chi connectivity index (χ4n) is 2.36. The van der Waals surface area contributed by atoms with E-state index in [1.165, 1.54) is 6.07 Å². The molecule has 7 nitrogen and oxygen atoms in total. The van der Waals surface area contributed by atoms with Gasteiger partial charge in [0, 0.05) is 6.42 Å². The van der Waals surface area contributed by atoms with E-state index in [4.69, 9.17) is 0 Å². The zero-order valence-corrected chi connectivity index (χ0v) is 16.0. The maximum absolute atomic E-state index is 14.2. The molecule has 0 atom stereocenters. The fourth-order valence-corrected chi connectivity index (χ4v) is 2.36. The van der Waals surface area contributed by atoms with Crippen molar-refractivity contribution in [2.75, 3.05) is 5.32 Å². The Morgan fingerprint density at radius 2 is 1.92 bits per heavy atom. The Kier molecular flexibility index (Phi) is 5.25. The molecule has 1 amide bonds. The number of rotatable bonds is 2. The normalized spacial score (nSPS) is 13.1. The summed E-state index contributed by atoms with van der Waals surface area (Å²) < 4.78 is 14.2. The number of phenols is 1. The van der Waals surface area contributed by atoms with Crippen LogP contribution < -0.4 is 10.6 Å². The van der Waals surface area contributed by atoms with Gasteiger partial charge < -0.3 is 10.4 Å². The lowest BCUT2D eigenvalue weighted by atomic mass is 9.92. The van der Waals surface area contributed by atoms with Crippen LogP contribution in [0, 0.1) is 11.2 Å². The zero-order valence-electron chi connectivity index (χ0n) is 16.0. The summed E-state index contributed by atoms with van der Waals surface area (Å²) in [6.45, 7) is 11.5. The van der Waals surface area contributed by atoms with E-state index in [9.17, 15) is 14.3 Å². The van der Waals surface area contributed by atoms with E-state index >= 15 is 0 Å². The molecule has 0 saturated heterocycles. The number of carbonyl (C=O) groups is 1. The molecular weight excluding hydrogens is 337 g/mol. The van der Waals surface area contributed by atoms with E-state index in [1.807, 2.05) is 41.5 Å². The standard InChI is InChI=1S/C18H26FN5O2/c1-17(2,3)9-12(26)20-16(22-18(4,5)6)21-15-13-10(19)7-8-11(25)14(13)23-24-15/h7-8,25H,9H2,1-6H3,(H3,20,21,22,23,24,26). The Hall–Kier alpha value is -2.64. The number of aromatic amines is 1. The minimum absolute atomic E-state index is 0.0941. The molecule has 0 spiro atoms. The van der Waals surface area contributed by atoms with Crippen LogP contribution in [0.15, 0.2) is 17.1 Å². The highest BCUT2D eigenvalue weighted by atomic mass is 19.1. The number of aromatic nitrogens is 2. The number of anilines is 1. The Balaban J connectivity index is 2.35. The van der Waals surface area contributed by atoms with Crippen molar-refractivity contribution >= 4 is 28.6 Å². The van der Waals surface area contributed by atoms with Crippen LogP contribution in [-0.2, 0) is 4.79 Å². The Labute approximate surface area is 152 Å². The second kappa shape index (κ2) is 6.93. The number of aliphatic imine (C=N–C) groups is 1. The van der Waals surface area contributed by atoms with Crippen LogP contribution in [0.1, 0.15) is 48.0 Å². The van der Waals surface area contributed by atoms with Gasteiger partial charge in [-0.2, -0.15) is 5.10 Å². The lowest BCUT2D eigenvalue weighted by molar-refractivity contribution is -0.121. The number of H-pyrrole nitrogens is 1. The van der Waals surface area contributed by atoms with Crippen LogP contribution in [0.3, 0.4) is 0 Å². The number of amides is 1. The predicted octanol–water partition coefficient (Wildman–Crippen LogP) is 3.53. The number of hydrogen-bond donors (Lipinski definition) is 4. The first-order valence-electron chi connectivity index (χ1n) is 8.38. The third-order valence-electron chi connectivity index (χ3n) is 3.28. The topological polar surface area (TPSA) is 102 Å². The Morgan fingerprint density at radius 1 is 1.27 bits per heavy atom. The van der Waals surface area contributed by atoms with Crippen LogP contribution >= 0.6 is 0 Å². The number of aromatic hydroxyl groups is 1. The molecule has 0 bridgehead atoms. The highest BCUT2D eigenvalue weighted by Crippen LogP contribution is 2.30. The van der Waals surface area contributed by atoms with Crippen molar-refractivity contribution in [2.24, 2.45) is 10.4 Å². The molecule has 1 heterocycles. The molecule has 0 radical (unpaired) electrons. The van der Waals surface area contributed by atoms with Gasteiger partial charge in [-0.3, -0.25) is 15.2 Å². The predicted molar refractivity (Wildman–Crippen MR) is 101 cm³/mol. The molecule has 2 aromatic rings. The van der Waals surface area contributed by atoms with E-state index in [-0.39, 0.29) is 39.8 Å². The molecule has 0 aliphatic rings. The van der Waals surface area contributed by atoms with E-state index in [0.717, 1.165) is 6.07 Å². The van der Waals surface area contributed by atoms with E-state index in [1.54, 1.807) is 0 Å². The maximum atomic E-state index is 14.2. The molecule has 1 aromatic carbocycles. The second-order valence-corrected chi connectivity index (χ2v) is 8.43. The molecule has 0 saturated carbocycles. The van der Waals surface area contributed by atoms with Crippen molar-refractivity contribution in [2.45, 2.75) is 53.5 Å². The molecule has 142 valence electrons. The molecule has 0 unspecified atom stereocenters. The molecule has 26 heavy (non-hydrogen) atoms. The lowest BCUT2D eigenvalue weighted by Crippen LogP contribution is -2.39. The van der Waals surface area contributed by atoms with Crippen molar-refractivity contribution in [3.8, 4) is 5.75 Å². The lowest BCUT2D eigenvalue weighted by Gasteiger charge is -2.20. The van der Waals surface area contributed by atoms with Crippen molar-refractivity contribution in [1.29, 1.82) is 0 Å². The van der Waals surface area contributed by atoms with Gasteiger partial charge >= 0.3 is 0 Å². The van der Waals surface area contributed by atoms with Crippen LogP contribution in [0.2, 0.25) is 0 Å². The van der Waals surface area contributed by atoms with Crippen LogP contribution in [0.4, 0.5) is 10.2 Å². The summed E-state index contributed by atoms with van der Waals surface area (Å²) >= 11 is 0. The smallest absolute Gasteiger partial charge is 0.227 e. The van der Waals surface area contributed by atoms with Gasteiger partial charge in [-0.05, 0) is 38.3 Å². The van der Waals surface area contributed by atoms with Gasteiger partial charge in [0.15, 0.2) is 5.82 Å². The summed E-state index contributed by atoms with van der Waals surface area (Å²) in [6.07, 6.45) is 0.300. The highest BCUT2D eigenvalue weighted by molar-refractivity contribution is 6.08. The first kappa shape index (κ1) is 19.7. The number of halogens is 1. The molecular formula is C18H26FN5O2. The minimum atomic E-state index is -0.551. The Morgan fingerprint density at radius 3 is 2.50 bits per heavy atom. The largest absolute Gasteiger partial charge is 0.506 e. The van der Waals surface area contributed by atoms with Crippen molar-refractivity contribution < 1.29 is 14.3 Å². The average Bonchev–Trinajstić information content (AvgIpc) is 2.84. The van der Waals surface area contributed by atoms with Gasteiger partial charge in [0.2, 0.25) is 11.9 Å². The summed E-state index contributed by atoms with van der Waals surface area (Å²) in [6, 6.07) is 2.39. The minimum Gasteiger partial charge on any atom is -0.506 e. The van der Waals surface area contributed by atoms with Gasteiger partial charge in [-0.1, -0.05) is 20.8 Å². The summed E-state index contributed by atoms with van der Waals surface area (Å²) in [7, 11) is 0. The summed E-state index contributed by atoms with van der Waals surface area (Å²) in [5.41, 5.74) is -0.499. The van der Waals surface area contributed by atoms with Crippen LogP contribution in [-0.4, -0.2) is 32.7 Å². The second-order valence-electron chi connectivity index (χ2n) is 8.43. The Bertz CT molecular complexity index is 844. The quantitative estimate of drug-likeness (QED) is 0.484. The molecule has 0 aliphatic heterocycles. The van der Waals surface area contributed by atoms with Crippen molar-refractivity contribution in [3.63, 3.8) is 0 Å². The van der Waals surface area contributed by atoms with E-state index in [2.05, 4.69) is 25.8 Å². The van der Waals surface area contributed by atoms with E-state index in [0.29, 0.717) is 6.42 Å². The molecule has 4 N–H and O–H groups in total. The van der Waals surface area contributed by atoms with Gasteiger partial charge in [-0.25, -0.2) is 9.38 Å². The highest BCUT2D eigenvalue weighted by Gasteiger charge is 2.21. The number of fused-ring (bicyclic) bond motifs is 1. The number of nitrogens with zero attached hydrogens (tertiary/aromatic N) is 2. The third kappa shape index (κ3) is 5.18. The zero-order chi connectivity index (χ0) is 19.7. The van der Waals surface area contributed by atoms with Crippen molar-refractivity contribution in [3.05, 3.63) is 17.9 Å². The molecule has 8 heteroatoms. The first-order valence-corrected chi connectivity index (χ1v) is 8.38. The van der Waals surface area contributed by atoms with Gasteiger partial charge in [-0.15, -0.1) is 0 Å². The first-order chi connectivity index (χ1) is 11.9. The number of benzene rings is 1.